The minimum absolute atomic E-state index is 0. The molecule has 3 aromatic rings. The van der Waals surface area contributed by atoms with Crippen molar-refractivity contribution in [3.63, 3.8) is 0 Å². The van der Waals surface area contributed by atoms with Crippen LogP contribution in [-0.4, -0.2) is 62.6 Å². The summed E-state index contributed by atoms with van der Waals surface area (Å²) < 4.78 is 25.3. The van der Waals surface area contributed by atoms with Crippen LogP contribution in [0.4, 0.5) is 10.1 Å². The maximum Gasteiger partial charge on any atom is 0.213 e. The number of aromatic nitrogens is 1. The second-order valence-electron chi connectivity index (χ2n) is 10.2. The largest absolute Gasteiger partial charge is 0.473 e. The first kappa shape index (κ1) is 35.8. The van der Waals surface area contributed by atoms with Gasteiger partial charge in [-0.25, -0.2) is 9.37 Å². The minimum Gasteiger partial charge on any atom is -0.473 e. The SMILES string of the molecule is C#C.COCCN(CCN1CC[C@H](c2cccc(OCc3ccc(Cl)cc3F)n2)[C@H](C)C1)c1cc([C-]=O)ccc1C.[U]. The number of halogens is 2. The third-order valence-corrected chi connectivity index (χ3v) is 7.66. The first-order valence-electron chi connectivity index (χ1n) is 13.7. The Kier molecular flexibility index (Phi) is 15.6. The Bertz CT molecular complexity index is 1310. The quantitative estimate of drug-likeness (QED) is 0.164. The Balaban J connectivity index is 0.00000201. The number of rotatable bonds is 12. The second kappa shape index (κ2) is 18.3. The van der Waals surface area contributed by atoms with Gasteiger partial charge in [0.15, 0.2) is 0 Å². The molecule has 2 heterocycles. The van der Waals surface area contributed by atoms with Crippen molar-refractivity contribution in [1.29, 1.82) is 0 Å². The first-order valence-corrected chi connectivity index (χ1v) is 14.1. The van der Waals surface area contributed by atoms with Gasteiger partial charge in [0.05, 0.1) is 12.9 Å². The number of benzene rings is 2. The smallest absolute Gasteiger partial charge is 0.213 e. The van der Waals surface area contributed by atoms with E-state index >= 15 is 0 Å². The van der Waals surface area contributed by atoms with Gasteiger partial charge in [-0.15, -0.1) is 30.5 Å². The summed E-state index contributed by atoms with van der Waals surface area (Å²) in [6, 6.07) is 16.1. The van der Waals surface area contributed by atoms with Gasteiger partial charge in [-0.2, -0.15) is 6.07 Å². The van der Waals surface area contributed by atoms with Crippen molar-refractivity contribution in [3.05, 3.63) is 87.8 Å². The molecule has 0 unspecified atom stereocenters. The van der Waals surface area contributed by atoms with Crippen LogP contribution in [-0.2, 0) is 16.1 Å². The van der Waals surface area contributed by atoms with Gasteiger partial charge in [-0.05, 0) is 49.7 Å². The van der Waals surface area contributed by atoms with Crippen LogP contribution in [0.3, 0.4) is 0 Å². The predicted molar refractivity (Wildman–Crippen MR) is 163 cm³/mol. The molecular formula is C33H38ClFN3O3U-. The molecule has 6 nitrogen and oxygen atoms in total. The zero-order valence-electron chi connectivity index (χ0n) is 24.5. The molecule has 1 aromatic heterocycles. The number of ether oxygens (including phenoxy) is 2. The van der Waals surface area contributed by atoms with Gasteiger partial charge in [-0.3, -0.25) is 0 Å². The zero-order chi connectivity index (χ0) is 29.8. The molecule has 0 saturated carbocycles. The van der Waals surface area contributed by atoms with Gasteiger partial charge in [0.25, 0.3) is 0 Å². The molecule has 0 radical (unpaired) electrons. The summed E-state index contributed by atoms with van der Waals surface area (Å²) in [6.45, 7) is 9.48. The van der Waals surface area contributed by atoms with Gasteiger partial charge in [0.1, 0.15) is 12.4 Å². The Morgan fingerprint density at radius 3 is 2.64 bits per heavy atom. The molecule has 4 rings (SSSR count). The summed E-state index contributed by atoms with van der Waals surface area (Å²) in [5.41, 5.74) is 4.19. The molecule has 0 bridgehead atoms. The van der Waals surface area contributed by atoms with Crippen molar-refractivity contribution < 1.29 is 49.8 Å². The maximum absolute atomic E-state index is 14.1. The number of terminal acetylenes is 1. The number of nitrogens with zero attached hydrogens (tertiary/aromatic N) is 3. The van der Waals surface area contributed by atoms with E-state index in [1.54, 1.807) is 25.3 Å². The van der Waals surface area contributed by atoms with E-state index in [9.17, 15) is 9.18 Å². The molecule has 1 aliphatic heterocycles. The fourth-order valence-corrected chi connectivity index (χ4v) is 5.37. The molecule has 1 aliphatic rings. The number of methoxy groups -OCH3 is 1. The van der Waals surface area contributed by atoms with Gasteiger partial charge in [-0.1, -0.05) is 36.2 Å². The van der Waals surface area contributed by atoms with Crippen molar-refractivity contribution in [1.82, 2.24) is 9.88 Å². The van der Waals surface area contributed by atoms with E-state index in [0.29, 0.717) is 40.5 Å². The normalized spacial score (nSPS) is 16.5. The third kappa shape index (κ3) is 10.1. The fourth-order valence-electron chi connectivity index (χ4n) is 5.21. The van der Waals surface area contributed by atoms with E-state index in [1.807, 2.05) is 30.6 Å². The van der Waals surface area contributed by atoms with Crippen LogP contribution in [0.5, 0.6) is 5.88 Å². The maximum atomic E-state index is 14.1. The van der Waals surface area contributed by atoms with Crippen LogP contribution in [0, 0.1) is 62.6 Å². The van der Waals surface area contributed by atoms with E-state index in [1.165, 1.54) is 6.07 Å². The summed E-state index contributed by atoms with van der Waals surface area (Å²) >= 11 is 5.85. The number of pyridine rings is 1. The first-order chi connectivity index (χ1) is 19.9. The van der Waals surface area contributed by atoms with Crippen LogP contribution in [0.1, 0.15) is 41.6 Å². The number of anilines is 1. The van der Waals surface area contributed by atoms with Gasteiger partial charge >= 0.3 is 0 Å². The van der Waals surface area contributed by atoms with E-state index in [-0.39, 0.29) is 43.5 Å². The molecule has 0 spiro atoms. The molecule has 42 heavy (non-hydrogen) atoms. The van der Waals surface area contributed by atoms with Crippen molar-refractivity contribution in [3.8, 4) is 18.7 Å². The Labute approximate surface area is 278 Å². The van der Waals surface area contributed by atoms with Crippen molar-refractivity contribution >= 4 is 23.6 Å². The van der Waals surface area contributed by atoms with Crippen LogP contribution in [0.25, 0.3) is 0 Å². The topological polar surface area (TPSA) is 54.9 Å². The molecule has 0 aliphatic carbocycles. The average molecular weight is 817 g/mol. The Morgan fingerprint density at radius 1 is 1.17 bits per heavy atom. The summed E-state index contributed by atoms with van der Waals surface area (Å²) in [7, 11) is 1.71. The third-order valence-electron chi connectivity index (χ3n) is 7.42. The Morgan fingerprint density at radius 2 is 1.95 bits per heavy atom. The number of hydrogen-bond donors (Lipinski definition) is 0. The molecular weight excluding hydrogens is 779 g/mol. The van der Waals surface area contributed by atoms with E-state index in [4.69, 9.17) is 26.1 Å². The second-order valence-corrected chi connectivity index (χ2v) is 10.6. The van der Waals surface area contributed by atoms with Crippen LogP contribution < -0.4 is 9.64 Å². The standard InChI is InChI=1S/C31H36ClFN3O3.C2H2.U/c1-22-7-8-24(20-37)17-30(22)36(15-16-38-3)14-13-35-12-11-27(23(2)19-35)29-5-4-6-31(34-29)39-21-25-9-10-26(32)18-28(25)33;1-2;/h4-10,17-18,23,27H,11-16,19,21H2,1-3H3;1-2H;/q-1;;/t23-,27+;;/m1../s1. The van der Waals surface area contributed by atoms with E-state index in [0.717, 1.165) is 56.1 Å². The zero-order valence-corrected chi connectivity index (χ0v) is 29.4. The Hall–Kier alpha value is -2.39. The molecule has 222 valence electrons. The summed E-state index contributed by atoms with van der Waals surface area (Å²) in [4.78, 5) is 20.8. The minimum atomic E-state index is -0.384. The summed E-state index contributed by atoms with van der Waals surface area (Å²) in [5.74, 6) is 0.849. The van der Waals surface area contributed by atoms with Crippen molar-refractivity contribution in [2.45, 2.75) is 32.8 Å². The number of hydrogen-bond acceptors (Lipinski definition) is 6. The monoisotopic (exact) mass is 816 g/mol. The number of likely N-dealkylation sites (tertiary alicyclic amines) is 1. The molecule has 0 amide bonds. The summed E-state index contributed by atoms with van der Waals surface area (Å²) in [6.07, 6.45) is 11.0. The molecule has 1 saturated heterocycles. The van der Waals surface area contributed by atoms with Crippen LogP contribution >= 0.6 is 11.6 Å². The van der Waals surface area contributed by atoms with Gasteiger partial charge in [0.2, 0.25) is 5.88 Å². The summed E-state index contributed by atoms with van der Waals surface area (Å²) in [5, 5.41) is 0.361. The molecule has 2 atom stereocenters. The van der Waals surface area contributed by atoms with E-state index < -0.39 is 0 Å². The van der Waals surface area contributed by atoms with Crippen molar-refractivity contribution in [2.75, 3.05) is 51.3 Å². The molecule has 1 fully saturated rings. The van der Waals surface area contributed by atoms with Gasteiger partial charge < -0.3 is 24.1 Å². The fraction of sp³-hybridized carbons (Fsp3) is 0.394. The number of piperidine rings is 1. The number of carbonyl (C=O) groups excluding carboxylic acids is 1. The molecule has 2 aromatic carbocycles. The number of aryl methyl sites for hydroxylation is 1. The average Bonchev–Trinajstić information content (AvgIpc) is 2.98. The molecule has 9 heteroatoms. The van der Waals surface area contributed by atoms with Gasteiger partial charge in [0, 0.05) is 92.7 Å². The predicted octanol–water partition coefficient (Wildman–Crippen LogP) is 6.05. The van der Waals surface area contributed by atoms with Crippen molar-refractivity contribution in [2.24, 2.45) is 5.92 Å². The van der Waals surface area contributed by atoms with Crippen LogP contribution in [0.15, 0.2) is 54.6 Å². The van der Waals surface area contributed by atoms with E-state index in [2.05, 4.69) is 42.6 Å². The van der Waals surface area contributed by atoms with Crippen LogP contribution in [0.2, 0.25) is 5.02 Å². The molecule has 0 N–H and O–H groups in total.